The summed E-state index contributed by atoms with van der Waals surface area (Å²) in [4.78, 5) is 11.7. The van der Waals surface area contributed by atoms with E-state index in [2.05, 4.69) is 4.72 Å². The zero-order valence-electron chi connectivity index (χ0n) is 22.6. The number of hydrogen-bond acceptors (Lipinski definition) is 6. The highest BCUT2D eigenvalue weighted by molar-refractivity contribution is 7.92. The summed E-state index contributed by atoms with van der Waals surface area (Å²) in [7, 11) is -8.43. The molecule has 232 valence electrons. The van der Waals surface area contributed by atoms with E-state index >= 15 is 0 Å². The normalized spacial score (nSPS) is 18.7. The predicted octanol–water partition coefficient (Wildman–Crippen LogP) is 3.93. The zero-order chi connectivity index (χ0) is 31.1. The van der Waals surface area contributed by atoms with Crippen LogP contribution < -0.4 is 18.7 Å². The summed E-state index contributed by atoms with van der Waals surface area (Å²) in [5.74, 6) is -0.858. The van der Waals surface area contributed by atoms with Crippen molar-refractivity contribution in [2.75, 3.05) is 35.4 Å². The third-order valence-electron chi connectivity index (χ3n) is 7.13. The number of sulfonamides is 1. The largest absolute Gasteiger partial charge is 0.485 e. The number of halogens is 4. The summed E-state index contributed by atoms with van der Waals surface area (Å²) in [5.41, 5.74) is -3.68. The monoisotopic (exact) mass is 638 g/mol. The molecule has 4 rings (SSSR count). The van der Waals surface area contributed by atoms with Gasteiger partial charge < -0.3 is 9.84 Å². The third kappa shape index (κ3) is 6.28. The average Bonchev–Trinajstić information content (AvgIpc) is 2.91. The SMILES string of the molecule is CC(C)(N(C(=O)O)c1ccc2c(c1)N(S(=O)(=O)c1ccc(F)cc1)C[C@H](CNS(=O)(=O)N1CCCCC1)O2)C(F)(F)F. The predicted molar refractivity (Wildman–Crippen MR) is 145 cm³/mol. The van der Waals surface area contributed by atoms with Crippen LogP contribution in [0.25, 0.3) is 0 Å². The number of amides is 1. The first kappa shape index (κ1) is 31.8. The van der Waals surface area contributed by atoms with E-state index in [-0.39, 0.29) is 27.8 Å². The number of fused-ring (bicyclic) bond motifs is 1. The van der Waals surface area contributed by atoms with Gasteiger partial charge in [0, 0.05) is 13.1 Å². The highest BCUT2D eigenvalue weighted by atomic mass is 32.2. The van der Waals surface area contributed by atoms with Gasteiger partial charge >= 0.3 is 12.3 Å². The molecule has 2 aliphatic heterocycles. The Bertz CT molecular complexity index is 1530. The smallest absolute Gasteiger partial charge is 0.412 e. The quantitative estimate of drug-likeness (QED) is 0.418. The van der Waals surface area contributed by atoms with Gasteiger partial charge in [-0.25, -0.2) is 17.6 Å². The molecule has 0 bridgehead atoms. The Morgan fingerprint density at radius 3 is 2.24 bits per heavy atom. The molecule has 1 atom stereocenters. The van der Waals surface area contributed by atoms with E-state index in [1.807, 2.05) is 0 Å². The van der Waals surface area contributed by atoms with Crippen LogP contribution >= 0.6 is 0 Å². The lowest BCUT2D eigenvalue weighted by molar-refractivity contribution is -0.175. The number of nitrogens with one attached hydrogen (secondary N) is 1. The number of alkyl halides is 3. The van der Waals surface area contributed by atoms with Gasteiger partial charge in [-0.15, -0.1) is 0 Å². The van der Waals surface area contributed by atoms with Crippen molar-refractivity contribution < 1.29 is 49.0 Å². The molecule has 1 amide bonds. The van der Waals surface area contributed by atoms with E-state index in [4.69, 9.17) is 4.74 Å². The van der Waals surface area contributed by atoms with Crippen LogP contribution in [0.15, 0.2) is 47.4 Å². The second-order valence-corrected chi connectivity index (χ2v) is 14.0. The van der Waals surface area contributed by atoms with Crippen LogP contribution in [0.5, 0.6) is 5.75 Å². The van der Waals surface area contributed by atoms with Gasteiger partial charge in [-0.2, -0.15) is 30.6 Å². The first-order chi connectivity index (χ1) is 19.4. The number of hydrogen-bond donors (Lipinski definition) is 2. The fourth-order valence-corrected chi connectivity index (χ4v) is 7.52. The topological polar surface area (TPSA) is 137 Å². The number of carbonyl (C=O) groups is 1. The van der Waals surface area contributed by atoms with Gasteiger partial charge in [0.05, 0.1) is 29.4 Å². The van der Waals surface area contributed by atoms with Gasteiger partial charge in [-0.05, 0) is 69.2 Å². The van der Waals surface area contributed by atoms with Crippen LogP contribution in [0.2, 0.25) is 0 Å². The maximum Gasteiger partial charge on any atom is 0.412 e. The van der Waals surface area contributed by atoms with Gasteiger partial charge in [0.2, 0.25) is 0 Å². The minimum Gasteiger partial charge on any atom is -0.485 e. The zero-order valence-corrected chi connectivity index (χ0v) is 24.3. The summed E-state index contributed by atoms with van der Waals surface area (Å²) < 4.78 is 118. The molecule has 17 heteroatoms. The molecule has 0 radical (unpaired) electrons. The fraction of sp³-hybridized carbons (Fsp3) is 0.480. The summed E-state index contributed by atoms with van der Waals surface area (Å²) in [5, 5.41) is 9.71. The minimum absolute atomic E-state index is 0.0643. The average molecular weight is 639 g/mol. The van der Waals surface area contributed by atoms with Crippen LogP contribution in [-0.2, 0) is 20.2 Å². The van der Waals surface area contributed by atoms with Crippen LogP contribution in [0, 0.1) is 5.82 Å². The first-order valence-corrected chi connectivity index (χ1v) is 15.8. The standard InChI is InChI=1S/C25H30F4N4O7S2/c1-24(2,25(27,28)29)33(23(34)35)18-8-11-22-21(14-18)32(41(36,37)20-9-6-17(26)7-10-20)16-19(40-22)15-30-42(38,39)31-12-4-3-5-13-31/h6-11,14,19,30H,3-5,12-13,15-16H2,1-2H3,(H,34,35)/t19-/m0/s1. The number of nitrogens with zero attached hydrogens (tertiary/aromatic N) is 3. The van der Waals surface area contributed by atoms with Crippen molar-refractivity contribution in [2.24, 2.45) is 0 Å². The molecule has 2 aliphatic rings. The highest BCUT2D eigenvalue weighted by Crippen LogP contribution is 2.43. The number of anilines is 2. The van der Waals surface area contributed by atoms with Crippen molar-refractivity contribution in [1.29, 1.82) is 0 Å². The second kappa shape index (κ2) is 11.5. The molecule has 0 aliphatic carbocycles. The van der Waals surface area contributed by atoms with Crippen molar-refractivity contribution >= 4 is 37.7 Å². The van der Waals surface area contributed by atoms with Crippen LogP contribution in [0.1, 0.15) is 33.1 Å². The molecule has 2 aromatic carbocycles. The lowest BCUT2D eigenvalue weighted by atomic mass is 10.0. The summed E-state index contributed by atoms with van der Waals surface area (Å²) in [6.45, 7) is 1.13. The van der Waals surface area contributed by atoms with Gasteiger partial charge in [-0.1, -0.05) is 6.42 Å². The molecular formula is C25H30F4N4O7S2. The maximum absolute atomic E-state index is 13.8. The number of rotatable bonds is 8. The number of benzene rings is 2. The van der Waals surface area contributed by atoms with E-state index in [0.717, 1.165) is 53.2 Å². The first-order valence-electron chi connectivity index (χ1n) is 12.9. The Balaban J connectivity index is 1.74. The molecule has 0 unspecified atom stereocenters. The van der Waals surface area contributed by atoms with Gasteiger partial charge in [0.1, 0.15) is 23.2 Å². The Morgan fingerprint density at radius 1 is 1.05 bits per heavy atom. The maximum atomic E-state index is 13.8. The molecule has 2 heterocycles. The van der Waals surface area contributed by atoms with Crippen LogP contribution in [0.4, 0.5) is 33.7 Å². The number of ether oxygens (including phenoxy) is 1. The van der Waals surface area contributed by atoms with Crippen LogP contribution in [-0.4, -0.2) is 76.3 Å². The van der Waals surface area contributed by atoms with Crippen LogP contribution in [0.3, 0.4) is 0 Å². The van der Waals surface area contributed by atoms with E-state index in [0.29, 0.717) is 39.8 Å². The summed E-state index contributed by atoms with van der Waals surface area (Å²) in [6, 6.07) is 6.89. The highest BCUT2D eigenvalue weighted by Gasteiger charge is 2.54. The van der Waals surface area contributed by atoms with Crippen molar-refractivity contribution in [3.8, 4) is 5.75 Å². The van der Waals surface area contributed by atoms with E-state index in [1.165, 1.54) is 4.31 Å². The summed E-state index contributed by atoms with van der Waals surface area (Å²) in [6.07, 6.45) is -5.73. The summed E-state index contributed by atoms with van der Waals surface area (Å²) >= 11 is 0. The third-order valence-corrected chi connectivity index (χ3v) is 10.5. The van der Waals surface area contributed by atoms with Crippen molar-refractivity contribution in [3.05, 3.63) is 48.3 Å². The minimum atomic E-state index is -4.99. The van der Waals surface area contributed by atoms with Gasteiger partial charge in [0.15, 0.2) is 0 Å². The second-order valence-electron chi connectivity index (χ2n) is 10.4. The van der Waals surface area contributed by atoms with Gasteiger partial charge in [-0.3, -0.25) is 9.21 Å². The fourth-order valence-electron chi connectivity index (χ4n) is 4.70. The van der Waals surface area contributed by atoms with Crippen molar-refractivity contribution in [2.45, 2.75) is 55.8 Å². The Hall–Kier alpha value is -3.15. The van der Waals surface area contributed by atoms with Gasteiger partial charge in [0.25, 0.3) is 20.2 Å². The molecule has 11 nitrogen and oxygen atoms in total. The Kier molecular flexibility index (Phi) is 8.70. The van der Waals surface area contributed by atoms with Crippen molar-refractivity contribution in [1.82, 2.24) is 9.03 Å². The molecule has 0 spiro atoms. The molecule has 2 aromatic rings. The number of piperidine rings is 1. The lowest BCUT2D eigenvalue weighted by Gasteiger charge is -2.40. The molecule has 1 saturated heterocycles. The molecule has 42 heavy (non-hydrogen) atoms. The van der Waals surface area contributed by atoms with E-state index in [9.17, 15) is 44.3 Å². The molecule has 1 fully saturated rings. The molecular weight excluding hydrogens is 608 g/mol. The lowest BCUT2D eigenvalue weighted by Crippen LogP contribution is -2.57. The Labute approximate surface area is 240 Å². The Morgan fingerprint density at radius 2 is 1.67 bits per heavy atom. The molecule has 0 saturated carbocycles. The molecule has 2 N–H and O–H groups in total. The van der Waals surface area contributed by atoms with E-state index < -0.39 is 62.2 Å². The van der Waals surface area contributed by atoms with E-state index in [1.54, 1.807) is 0 Å². The molecule has 0 aromatic heterocycles. The number of carboxylic acid groups (broad SMARTS) is 1. The van der Waals surface area contributed by atoms with Crippen molar-refractivity contribution in [3.63, 3.8) is 0 Å².